The van der Waals surface area contributed by atoms with Crippen molar-refractivity contribution in [3.8, 4) is 11.5 Å². The molecule has 0 bridgehead atoms. The van der Waals surface area contributed by atoms with Crippen LogP contribution in [0.5, 0.6) is 11.5 Å². The lowest BCUT2D eigenvalue weighted by Crippen LogP contribution is -2.25. The van der Waals surface area contributed by atoms with Crippen molar-refractivity contribution in [2.45, 2.75) is 32.4 Å². The number of benzene rings is 1. The number of hydrogen-bond donors (Lipinski definition) is 2. The van der Waals surface area contributed by atoms with Crippen molar-refractivity contribution in [1.82, 2.24) is 5.32 Å². The molecule has 0 spiro atoms. The van der Waals surface area contributed by atoms with Gasteiger partial charge in [-0.2, -0.15) is 0 Å². The Morgan fingerprint density at radius 3 is 2.90 bits per heavy atom. The molecule has 1 aromatic carbocycles. The fourth-order valence-electron chi connectivity index (χ4n) is 2.04. The molecule has 0 saturated heterocycles. The molecule has 4 nitrogen and oxygen atoms in total. The molecule has 0 aliphatic heterocycles. The van der Waals surface area contributed by atoms with Gasteiger partial charge in [-0.15, -0.1) is 0 Å². The Morgan fingerprint density at radius 1 is 1.35 bits per heavy atom. The summed E-state index contributed by atoms with van der Waals surface area (Å²) in [6.07, 6.45) is 3.65. The van der Waals surface area contributed by atoms with Crippen LogP contribution in [0, 0.1) is 0 Å². The highest BCUT2D eigenvalue weighted by atomic mass is 16.5. The average molecular weight is 275 g/mol. The van der Waals surface area contributed by atoms with Crippen LogP contribution in [-0.2, 0) is 13.0 Å². The van der Waals surface area contributed by atoms with E-state index in [1.807, 2.05) is 24.3 Å². The van der Waals surface area contributed by atoms with E-state index < -0.39 is 0 Å². The predicted octanol–water partition coefficient (Wildman–Crippen LogP) is 3.10. The number of ether oxygens (including phenoxy) is 1. The summed E-state index contributed by atoms with van der Waals surface area (Å²) in [5.74, 6) is 1.69. The molecule has 4 heteroatoms. The van der Waals surface area contributed by atoms with Gasteiger partial charge in [0.25, 0.3) is 0 Å². The second-order valence-corrected chi connectivity index (χ2v) is 4.91. The zero-order valence-corrected chi connectivity index (χ0v) is 11.9. The summed E-state index contributed by atoms with van der Waals surface area (Å²) < 4.78 is 10.4. The van der Waals surface area contributed by atoms with Crippen LogP contribution in [0.3, 0.4) is 0 Å². The van der Waals surface area contributed by atoms with Gasteiger partial charge in [0.15, 0.2) is 11.5 Å². The summed E-state index contributed by atoms with van der Waals surface area (Å²) in [7, 11) is 1.55. The van der Waals surface area contributed by atoms with Gasteiger partial charge in [0.2, 0.25) is 0 Å². The molecule has 1 atom stereocenters. The molecule has 0 aliphatic rings. The number of methoxy groups -OCH3 is 1. The first-order valence-electron chi connectivity index (χ1n) is 6.80. The molecule has 2 rings (SSSR count). The molecular formula is C16H21NO3. The van der Waals surface area contributed by atoms with Crippen LogP contribution < -0.4 is 10.1 Å². The first-order valence-corrected chi connectivity index (χ1v) is 6.80. The van der Waals surface area contributed by atoms with Gasteiger partial charge in [0, 0.05) is 19.0 Å². The van der Waals surface area contributed by atoms with Crippen LogP contribution in [0.25, 0.3) is 0 Å². The van der Waals surface area contributed by atoms with Gasteiger partial charge in [0.05, 0.1) is 13.4 Å². The largest absolute Gasteiger partial charge is 0.504 e. The topological polar surface area (TPSA) is 54.6 Å². The molecule has 0 saturated carbocycles. The van der Waals surface area contributed by atoms with Gasteiger partial charge in [-0.3, -0.25) is 0 Å². The molecule has 0 amide bonds. The molecule has 0 radical (unpaired) electrons. The van der Waals surface area contributed by atoms with Crippen LogP contribution in [0.4, 0.5) is 0 Å². The lowest BCUT2D eigenvalue weighted by Gasteiger charge is -2.14. The summed E-state index contributed by atoms with van der Waals surface area (Å²) >= 11 is 0. The highest BCUT2D eigenvalue weighted by Crippen LogP contribution is 2.26. The van der Waals surface area contributed by atoms with Crippen LogP contribution in [0.1, 0.15) is 24.7 Å². The van der Waals surface area contributed by atoms with Gasteiger partial charge in [-0.1, -0.05) is 6.07 Å². The third-order valence-corrected chi connectivity index (χ3v) is 3.30. The Bertz CT molecular complexity index is 523. The molecule has 1 aromatic heterocycles. The zero-order valence-electron chi connectivity index (χ0n) is 11.9. The number of rotatable bonds is 7. The molecule has 0 aliphatic carbocycles. The SMILES string of the molecule is COc1cc(CNC(C)CCc2ccco2)ccc1O. The normalized spacial score (nSPS) is 12.3. The predicted molar refractivity (Wildman–Crippen MR) is 78.0 cm³/mol. The van der Waals surface area contributed by atoms with Crippen molar-refractivity contribution in [2.24, 2.45) is 0 Å². The highest BCUT2D eigenvalue weighted by Gasteiger charge is 2.06. The second-order valence-electron chi connectivity index (χ2n) is 4.91. The van der Waals surface area contributed by atoms with Crippen molar-refractivity contribution in [1.29, 1.82) is 0 Å². The number of aryl methyl sites for hydroxylation is 1. The smallest absolute Gasteiger partial charge is 0.160 e. The van der Waals surface area contributed by atoms with E-state index in [0.29, 0.717) is 11.8 Å². The van der Waals surface area contributed by atoms with E-state index in [-0.39, 0.29) is 5.75 Å². The van der Waals surface area contributed by atoms with E-state index in [4.69, 9.17) is 9.15 Å². The third kappa shape index (κ3) is 4.03. The minimum Gasteiger partial charge on any atom is -0.504 e. The van der Waals surface area contributed by atoms with Crippen LogP contribution in [0.15, 0.2) is 41.0 Å². The average Bonchev–Trinajstić information content (AvgIpc) is 2.97. The second kappa shape index (κ2) is 7.01. The van der Waals surface area contributed by atoms with Gasteiger partial charge in [-0.05, 0) is 43.2 Å². The van der Waals surface area contributed by atoms with Crippen LogP contribution in [-0.4, -0.2) is 18.3 Å². The number of phenols is 1. The van der Waals surface area contributed by atoms with Crippen molar-refractivity contribution >= 4 is 0 Å². The first kappa shape index (κ1) is 14.5. The van der Waals surface area contributed by atoms with Gasteiger partial charge < -0.3 is 19.6 Å². The molecule has 2 N–H and O–H groups in total. The first-order chi connectivity index (χ1) is 9.69. The van der Waals surface area contributed by atoms with E-state index >= 15 is 0 Å². The standard InChI is InChI=1S/C16H21NO3/c1-12(5-7-14-4-3-9-20-14)17-11-13-6-8-15(18)16(10-13)19-2/h3-4,6,8-10,12,17-18H,5,7,11H2,1-2H3. The number of nitrogens with one attached hydrogen (secondary N) is 1. The maximum Gasteiger partial charge on any atom is 0.160 e. The minimum absolute atomic E-state index is 0.169. The summed E-state index contributed by atoms with van der Waals surface area (Å²) in [4.78, 5) is 0. The summed E-state index contributed by atoms with van der Waals surface area (Å²) in [6.45, 7) is 2.90. The van der Waals surface area contributed by atoms with E-state index in [2.05, 4.69) is 12.2 Å². The summed E-state index contributed by atoms with van der Waals surface area (Å²) in [6, 6.07) is 9.70. The van der Waals surface area contributed by atoms with E-state index in [9.17, 15) is 5.11 Å². The number of aromatic hydroxyl groups is 1. The monoisotopic (exact) mass is 275 g/mol. The quantitative estimate of drug-likeness (QED) is 0.815. The fraction of sp³-hybridized carbons (Fsp3) is 0.375. The Hall–Kier alpha value is -1.94. The van der Waals surface area contributed by atoms with Crippen LogP contribution >= 0.6 is 0 Å². The highest BCUT2D eigenvalue weighted by molar-refractivity contribution is 5.41. The molecule has 1 heterocycles. The summed E-state index contributed by atoms with van der Waals surface area (Å²) in [5.41, 5.74) is 1.09. The Morgan fingerprint density at radius 2 is 2.20 bits per heavy atom. The maximum absolute atomic E-state index is 9.55. The number of hydrogen-bond acceptors (Lipinski definition) is 4. The van der Waals surface area contributed by atoms with Crippen molar-refractivity contribution in [3.05, 3.63) is 47.9 Å². The van der Waals surface area contributed by atoms with Gasteiger partial charge in [0.1, 0.15) is 5.76 Å². The molecule has 2 aromatic rings. The molecule has 1 unspecified atom stereocenters. The molecule has 108 valence electrons. The maximum atomic E-state index is 9.55. The molecular weight excluding hydrogens is 254 g/mol. The zero-order chi connectivity index (χ0) is 14.4. The summed E-state index contributed by atoms with van der Waals surface area (Å²) in [5, 5.41) is 13.0. The van der Waals surface area contributed by atoms with Crippen molar-refractivity contribution < 1.29 is 14.3 Å². The Labute approximate surface area is 119 Å². The van der Waals surface area contributed by atoms with Crippen molar-refractivity contribution in [3.63, 3.8) is 0 Å². The minimum atomic E-state index is 0.169. The fourth-order valence-corrected chi connectivity index (χ4v) is 2.04. The van der Waals surface area contributed by atoms with Crippen LogP contribution in [0.2, 0.25) is 0 Å². The molecule has 20 heavy (non-hydrogen) atoms. The van der Waals surface area contributed by atoms with E-state index in [1.54, 1.807) is 19.4 Å². The van der Waals surface area contributed by atoms with E-state index in [0.717, 1.165) is 30.7 Å². The van der Waals surface area contributed by atoms with E-state index in [1.165, 1.54) is 0 Å². The number of furan rings is 1. The lowest BCUT2D eigenvalue weighted by molar-refractivity contribution is 0.372. The van der Waals surface area contributed by atoms with Gasteiger partial charge >= 0.3 is 0 Å². The third-order valence-electron chi connectivity index (χ3n) is 3.30. The lowest BCUT2D eigenvalue weighted by atomic mass is 10.1. The van der Waals surface area contributed by atoms with Crippen molar-refractivity contribution in [2.75, 3.05) is 7.11 Å². The Balaban J connectivity index is 1.79. The number of phenolic OH excluding ortho intramolecular Hbond substituents is 1. The molecule has 0 fully saturated rings. The van der Waals surface area contributed by atoms with Gasteiger partial charge in [-0.25, -0.2) is 0 Å². The Kier molecular flexibility index (Phi) is 5.07.